The predicted molar refractivity (Wildman–Crippen MR) is 70.3 cm³/mol. The Morgan fingerprint density at radius 2 is 1.81 bits per heavy atom. The minimum Gasteiger partial charge on any atom is -0.508 e. The van der Waals surface area contributed by atoms with Gasteiger partial charge in [0.25, 0.3) is 0 Å². The van der Waals surface area contributed by atoms with Crippen LogP contribution in [0.25, 0.3) is 0 Å². The molecule has 0 aliphatic carbocycles. The lowest BCUT2D eigenvalue weighted by molar-refractivity contribution is 0.457. The lowest BCUT2D eigenvalue weighted by Crippen LogP contribution is -2.01. The minimum absolute atomic E-state index is 0.458. The monoisotopic (exact) mass is 220 g/mol. The van der Waals surface area contributed by atoms with Gasteiger partial charge in [0.15, 0.2) is 0 Å². The van der Waals surface area contributed by atoms with E-state index in [0.717, 1.165) is 12.0 Å². The van der Waals surface area contributed by atoms with Crippen LogP contribution in [0.15, 0.2) is 6.07 Å². The molecule has 0 saturated carbocycles. The van der Waals surface area contributed by atoms with E-state index in [1.807, 2.05) is 6.07 Å². The molecule has 0 heterocycles. The molecule has 0 aliphatic heterocycles. The highest BCUT2D eigenvalue weighted by Crippen LogP contribution is 2.35. The van der Waals surface area contributed by atoms with E-state index in [4.69, 9.17) is 0 Å². The summed E-state index contributed by atoms with van der Waals surface area (Å²) < 4.78 is 0. The van der Waals surface area contributed by atoms with Gasteiger partial charge in [0.05, 0.1) is 0 Å². The van der Waals surface area contributed by atoms with Gasteiger partial charge in [-0.3, -0.25) is 0 Å². The summed E-state index contributed by atoms with van der Waals surface area (Å²) in [5.74, 6) is 0.934. The molecule has 0 fully saturated rings. The third-order valence-electron chi connectivity index (χ3n) is 3.67. The smallest absolute Gasteiger partial charge is 0.119 e. The maximum Gasteiger partial charge on any atom is 0.119 e. The molecular formula is C15H24O. The van der Waals surface area contributed by atoms with Gasteiger partial charge in [-0.25, -0.2) is 0 Å². The highest BCUT2D eigenvalue weighted by atomic mass is 16.3. The summed E-state index contributed by atoms with van der Waals surface area (Å²) >= 11 is 0. The van der Waals surface area contributed by atoms with Crippen molar-refractivity contribution in [2.75, 3.05) is 0 Å². The lowest BCUT2D eigenvalue weighted by atomic mass is 9.87. The molecule has 1 N–H and O–H groups in total. The number of rotatable bonds is 4. The summed E-state index contributed by atoms with van der Waals surface area (Å²) in [6, 6.07) is 1.90. The van der Waals surface area contributed by atoms with E-state index in [0.29, 0.717) is 11.7 Å². The molecule has 90 valence electrons. The highest BCUT2D eigenvalue weighted by Gasteiger charge is 2.15. The standard InChI is InChI=1S/C15H24O/c1-6-7-8-10(2)15-13(5)12(4)11(3)9-14(15)16/h9-10,16H,6-8H2,1-5H3. The molecule has 1 aromatic rings. The number of hydrogen-bond acceptors (Lipinski definition) is 1. The second-order valence-corrected chi connectivity index (χ2v) is 4.92. The largest absolute Gasteiger partial charge is 0.508 e. The van der Waals surface area contributed by atoms with Crippen LogP contribution in [0.1, 0.15) is 61.3 Å². The summed E-state index contributed by atoms with van der Waals surface area (Å²) in [4.78, 5) is 0. The molecule has 1 atom stereocenters. The minimum atomic E-state index is 0.458. The topological polar surface area (TPSA) is 20.2 Å². The zero-order chi connectivity index (χ0) is 12.3. The van der Waals surface area contributed by atoms with Crippen LogP contribution in [0.4, 0.5) is 0 Å². The molecule has 0 amide bonds. The molecule has 0 aromatic heterocycles. The van der Waals surface area contributed by atoms with Gasteiger partial charge in [0.1, 0.15) is 5.75 Å². The molecule has 1 nitrogen and oxygen atoms in total. The summed E-state index contributed by atoms with van der Waals surface area (Å²) in [6.45, 7) is 10.7. The zero-order valence-electron chi connectivity index (χ0n) is 11.2. The van der Waals surface area contributed by atoms with Gasteiger partial charge < -0.3 is 5.11 Å². The van der Waals surface area contributed by atoms with Crippen LogP contribution in [-0.4, -0.2) is 5.11 Å². The van der Waals surface area contributed by atoms with Crippen molar-refractivity contribution in [3.8, 4) is 5.75 Å². The van der Waals surface area contributed by atoms with E-state index < -0.39 is 0 Å². The molecule has 16 heavy (non-hydrogen) atoms. The summed E-state index contributed by atoms with van der Waals surface area (Å²) in [6.07, 6.45) is 3.61. The average molecular weight is 220 g/mol. The SMILES string of the molecule is CCCCC(C)c1c(O)cc(C)c(C)c1C. The third-order valence-corrected chi connectivity index (χ3v) is 3.67. The second-order valence-electron chi connectivity index (χ2n) is 4.92. The van der Waals surface area contributed by atoms with Crippen molar-refractivity contribution in [3.05, 3.63) is 28.3 Å². The first-order valence-electron chi connectivity index (χ1n) is 6.28. The molecule has 0 bridgehead atoms. The number of phenols is 1. The maximum absolute atomic E-state index is 10.1. The summed E-state index contributed by atoms with van der Waals surface area (Å²) in [5, 5.41) is 10.1. The van der Waals surface area contributed by atoms with Crippen molar-refractivity contribution in [1.82, 2.24) is 0 Å². The molecule has 1 rings (SSSR count). The van der Waals surface area contributed by atoms with Gasteiger partial charge in [-0.05, 0) is 61.4 Å². The molecule has 1 aromatic carbocycles. The highest BCUT2D eigenvalue weighted by molar-refractivity contribution is 5.49. The third kappa shape index (κ3) is 2.58. The van der Waals surface area contributed by atoms with Gasteiger partial charge in [0.2, 0.25) is 0 Å². The predicted octanol–water partition coefficient (Wildman–Crippen LogP) is 4.61. The Bertz CT molecular complexity index is 366. The fourth-order valence-electron chi connectivity index (χ4n) is 2.36. The number of aryl methyl sites for hydroxylation is 1. The van der Waals surface area contributed by atoms with E-state index in [1.165, 1.54) is 29.5 Å². The van der Waals surface area contributed by atoms with E-state index in [9.17, 15) is 5.11 Å². The first kappa shape index (κ1) is 13.1. The van der Waals surface area contributed by atoms with Crippen molar-refractivity contribution >= 4 is 0 Å². The Kier molecular flexibility index (Phi) is 4.40. The number of hydrogen-bond donors (Lipinski definition) is 1. The molecule has 0 aliphatic rings. The Morgan fingerprint density at radius 3 is 2.38 bits per heavy atom. The van der Waals surface area contributed by atoms with Crippen molar-refractivity contribution < 1.29 is 5.11 Å². The van der Waals surface area contributed by atoms with Crippen LogP contribution in [0.2, 0.25) is 0 Å². The Morgan fingerprint density at radius 1 is 1.19 bits per heavy atom. The van der Waals surface area contributed by atoms with E-state index in [2.05, 4.69) is 34.6 Å². The fraction of sp³-hybridized carbons (Fsp3) is 0.600. The van der Waals surface area contributed by atoms with Crippen LogP contribution < -0.4 is 0 Å². The van der Waals surface area contributed by atoms with Crippen molar-refractivity contribution in [2.24, 2.45) is 0 Å². The average Bonchev–Trinajstić information content (AvgIpc) is 2.23. The van der Waals surface area contributed by atoms with Crippen LogP contribution in [0, 0.1) is 20.8 Å². The van der Waals surface area contributed by atoms with E-state index in [-0.39, 0.29) is 0 Å². The molecular weight excluding hydrogens is 196 g/mol. The van der Waals surface area contributed by atoms with Crippen molar-refractivity contribution in [1.29, 1.82) is 0 Å². The fourth-order valence-corrected chi connectivity index (χ4v) is 2.36. The van der Waals surface area contributed by atoms with Gasteiger partial charge >= 0.3 is 0 Å². The number of phenolic OH excluding ortho intramolecular Hbond substituents is 1. The molecule has 0 saturated heterocycles. The molecule has 0 spiro atoms. The first-order valence-corrected chi connectivity index (χ1v) is 6.28. The Balaban J connectivity index is 3.08. The summed E-state index contributed by atoms with van der Waals surface area (Å²) in [7, 11) is 0. The number of benzene rings is 1. The molecule has 1 heteroatoms. The van der Waals surface area contributed by atoms with Gasteiger partial charge in [0, 0.05) is 0 Å². The Labute approximate surface area is 99.5 Å². The summed E-state index contributed by atoms with van der Waals surface area (Å²) in [5.41, 5.74) is 4.91. The van der Waals surface area contributed by atoms with Gasteiger partial charge in [-0.2, -0.15) is 0 Å². The lowest BCUT2D eigenvalue weighted by Gasteiger charge is -2.19. The van der Waals surface area contributed by atoms with Crippen LogP contribution >= 0.6 is 0 Å². The second kappa shape index (κ2) is 5.38. The quantitative estimate of drug-likeness (QED) is 0.785. The maximum atomic E-state index is 10.1. The Hall–Kier alpha value is -0.980. The van der Waals surface area contributed by atoms with Crippen molar-refractivity contribution in [2.45, 2.75) is 59.8 Å². The van der Waals surface area contributed by atoms with Crippen LogP contribution in [0.3, 0.4) is 0 Å². The van der Waals surface area contributed by atoms with Crippen molar-refractivity contribution in [3.63, 3.8) is 0 Å². The van der Waals surface area contributed by atoms with Crippen LogP contribution in [-0.2, 0) is 0 Å². The van der Waals surface area contributed by atoms with Gasteiger partial charge in [-0.15, -0.1) is 0 Å². The number of aromatic hydroxyl groups is 1. The van der Waals surface area contributed by atoms with E-state index in [1.54, 1.807) is 0 Å². The molecule has 0 radical (unpaired) electrons. The van der Waals surface area contributed by atoms with Gasteiger partial charge in [-0.1, -0.05) is 26.7 Å². The first-order chi connectivity index (χ1) is 7.49. The zero-order valence-corrected chi connectivity index (χ0v) is 11.2. The molecule has 1 unspecified atom stereocenters. The number of unbranched alkanes of at least 4 members (excludes halogenated alkanes) is 1. The van der Waals surface area contributed by atoms with E-state index >= 15 is 0 Å². The normalized spacial score (nSPS) is 12.8. The van der Waals surface area contributed by atoms with Crippen LogP contribution in [0.5, 0.6) is 5.75 Å².